The van der Waals surface area contributed by atoms with Gasteiger partial charge in [-0.3, -0.25) is 10.1 Å². The van der Waals surface area contributed by atoms with E-state index < -0.39 is 17.0 Å². The zero-order chi connectivity index (χ0) is 14.4. The van der Waals surface area contributed by atoms with Gasteiger partial charge in [-0.25, -0.2) is 4.79 Å². The monoisotopic (exact) mass is 269 g/mol. The molecule has 0 saturated heterocycles. The van der Waals surface area contributed by atoms with Crippen molar-refractivity contribution < 1.29 is 24.3 Å². The van der Waals surface area contributed by atoms with Gasteiger partial charge in [-0.05, 0) is 25.5 Å². The number of aryl methyl sites for hydroxylation is 1. The van der Waals surface area contributed by atoms with E-state index in [1.165, 1.54) is 12.1 Å². The van der Waals surface area contributed by atoms with Gasteiger partial charge in [-0.1, -0.05) is 0 Å². The highest BCUT2D eigenvalue weighted by atomic mass is 16.6. The highest BCUT2D eigenvalue weighted by Gasteiger charge is 2.19. The summed E-state index contributed by atoms with van der Waals surface area (Å²) in [5.74, 6) is -0.856. The minimum absolute atomic E-state index is 0.108. The van der Waals surface area contributed by atoms with Crippen LogP contribution in [-0.4, -0.2) is 35.3 Å². The molecule has 0 fully saturated rings. The first-order valence-electron chi connectivity index (χ1n) is 5.68. The SMILES string of the molecule is CCOC(COc1cc([N+](=O)[O-])ccc1C)C(=O)O. The van der Waals surface area contributed by atoms with E-state index in [-0.39, 0.29) is 24.7 Å². The number of hydrogen-bond acceptors (Lipinski definition) is 5. The van der Waals surface area contributed by atoms with E-state index in [0.717, 1.165) is 0 Å². The predicted molar refractivity (Wildman–Crippen MR) is 66.4 cm³/mol. The largest absolute Gasteiger partial charge is 0.490 e. The number of aliphatic carboxylic acids is 1. The summed E-state index contributed by atoms with van der Waals surface area (Å²) in [6, 6.07) is 4.17. The van der Waals surface area contributed by atoms with E-state index in [1.54, 1.807) is 19.9 Å². The topological polar surface area (TPSA) is 98.9 Å². The number of ether oxygens (including phenoxy) is 2. The lowest BCUT2D eigenvalue weighted by atomic mass is 10.2. The quantitative estimate of drug-likeness (QED) is 0.598. The normalized spacial score (nSPS) is 11.9. The molecule has 0 bridgehead atoms. The maximum atomic E-state index is 10.9. The second kappa shape index (κ2) is 6.69. The van der Waals surface area contributed by atoms with E-state index in [0.29, 0.717) is 5.56 Å². The van der Waals surface area contributed by atoms with Crippen LogP contribution in [0.2, 0.25) is 0 Å². The molecule has 0 saturated carbocycles. The molecule has 104 valence electrons. The van der Waals surface area contributed by atoms with Gasteiger partial charge < -0.3 is 14.6 Å². The maximum absolute atomic E-state index is 10.9. The van der Waals surface area contributed by atoms with Crippen molar-refractivity contribution in [2.24, 2.45) is 0 Å². The van der Waals surface area contributed by atoms with Gasteiger partial charge in [0.1, 0.15) is 12.4 Å². The zero-order valence-corrected chi connectivity index (χ0v) is 10.7. The molecule has 0 amide bonds. The third-order valence-corrected chi connectivity index (χ3v) is 2.42. The van der Waals surface area contributed by atoms with Crippen LogP contribution in [0.3, 0.4) is 0 Å². The number of nitro groups is 1. The molecule has 19 heavy (non-hydrogen) atoms. The van der Waals surface area contributed by atoms with E-state index in [9.17, 15) is 14.9 Å². The Morgan fingerprint density at radius 2 is 2.21 bits per heavy atom. The molecule has 0 aliphatic carbocycles. The first-order chi connectivity index (χ1) is 8.95. The minimum Gasteiger partial charge on any atom is -0.490 e. The Bertz CT molecular complexity index is 473. The standard InChI is InChI=1S/C12H15NO6/c1-3-18-11(12(14)15)7-19-10-6-9(13(16)17)5-4-8(10)2/h4-6,11H,3,7H2,1-2H3,(H,14,15). The fraction of sp³-hybridized carbons (Fsp3) is 0.417. The van der Waals surface area contributed by atoms with E-state index in [4.69, 9.17) is 14.6 Å². The van der Waals surface area contributed by atoms with Gasteiger partial charge in [0, 0.05) is 12.7 Å². The van der Waals surface area contributed by atoms with Crippen LogP contribution >= 0.6 is 0 Å². The van der Waals surface area contributed by atoms with Crippen molar-refractivity contribution in [1.29, 1.82) is 0 Å². The Balaban J connectivity index is 2.78. The predicted octanol–water partition coefficient (Wildman–Crippen LogP) is 1.77. The molecule has 7 heteroatoms. The molecule has 1 N–H and O–H groups in total. The molecule has 0 radical (unpaired) electrons. The van der Waals surface area contributed by atoms with Gasteiger partial charge in [-0.2, -0.15) is 0 Å². The molecule has 1 unspecified atom stereocenters. The van der Waals surface area contributed by atoms with Gasteiger partial charge in [-0.15, -0.1) is 0 Å². The summed E-state index contributed by atoms with van der Waals surface area (Å²) in [6.07, 6.45) is -1.09. The van der Waals surface area contributed by atoms with Gasteiger partial charge >= 0.3 is 5.97 Å². The molecule has 7 nitrogen and oxygen atoms in total. The van der Waals surface area contributed by atoms with Gasteiger partial charge in [0.25, 0.3) is 5.69 Å². The Hall–Kier alpha value is -2.15. The van der Waals surface area contributed by atoms with Crippen molar-refractivity contribution >= 4 is 11.7 Å². The molecule has 1 aromatic rings. The highest BCUT2D eigenvalue weighted by Crippen LogP contribution is 2.24. The van der Waals surface area contributed by atoms with Crippen molar-refractivity contribution in [2.75, 3.05) is 13.2 Å². The van der Waals surface area contributed by atoms with Gasteiger partial charge in [0.2, 0.25) is 0 Å². The molecule has 0 spiro atoms. The Morgan fingerprint density at radius 3 is 2.74 bits per heavy atom. The Labute approximate surface area is 109 Å². The number of carboxylic acids is 1. The number of carboxylic acid groups (broad SMARTS) is 1. The first kappa shape index (κ1) is 14.9. The van der Waals surface area contributed by atoms with Crippen LogP contribution in [0.25, 0.3) is 0 Å². The molecular weight excluding hydrogens is 254 g/mol. The molecule has 0 aliphatic heterocycles. The molecule has 1 aromatic carbocycles. The Kier molecular flexibility index (Phi) is 5.25. The van der Waals surface area contributed by atoms with Gasteiger partial charge in [0.05, 0.1) is 11.0 Å². The average Bonchev–Trinajstić information content (AvgIpc) is 2.35. The van der Waals surface area contributed by atoms with Crippen molar-refractivity contribution in [3.8, 4) is 5.75 Å². The number of carbonyl (C=O) groups is 1. The van der Waals surface area contributed by atoms with E-state index in [2.05, 4.69) is 0 Å². The molecule has 1 atom stereocenters. The number of nitrogens with zero attached hydrogens (tertiary/aromatic N) is 1. The summed E-state index contributed by atoms with van der Waals surface area (Å²) >= 11 is 0. The number of non-ortho nitro benzene ring substituents is 1. The van der Waals surface area contributed by atoms with Crippen LogP contribution in [0.4, 0.5) is 5.69 Å². The van der Waals surface area contributed by atoms with E-state index >= 15 is 0 Å². The molecule has 0 aromatic heterocycles. The van der Waals surface area contributed by atoms with Crippen molar-refractivity contribution in [3.63, 3.8) is 0 Å². The van der Waals surface area contributed by atoms with Crippen LogP contribution < -0.4 is 4.74 Å². The summed E-state index contributed by atoms with van der Waals surface area (Å²) in [5.41, 5.74) is 0.579. The average molecular weight is 269 g/mol. The lowest BCUT2D eigenvalue weighted by Crippen LogP contribution is -2.30. The van der Waals surface area contributed by atoms with Crippen LogP contribution in [0.15, 0.2) is 18.2 Å². The Morgan fingerprint density at radius 1 is 1.53 bits per heavy atom. The number of benzene rings is 1. The van der Waals surface area contributed by atoms with Gasteiger partial charge in [0.15, 0.2) is 6.10 Å². The highest BCUT2D eigenvalue weighted by molar-refractivity contribution is 5.72. The van der Waals surface area contributed by atoms with Crippen molar-refractivity contribution in [1.82, 2.24) is 0 Å². The number of rotatable bonds is 7. The third-order valence-electron chi connectivity index (χ3n) is 2.42. The van der Waals surface area contributed by atoms with Crippen LogP contribution in [0.5, 0.6) is 5.75 Å². The number of hydrogen-bond donors (Lipinski definition) is 1. The van der Waals surface area contributed by atoms with Crippen LogP contribution in [0, 0.1) is 17.0 Å². The molecule has 1 rings (SSSR count). The fourth-order valence-electron chi connectivity index (χ4n) is 1.42. The van der Waals surface area contributed by atoms with Crippen molar-refractivity contribution in [3.05, 3.63) is 33.9 Å². The lowest BCUT2D eigenvalue weighted by molar-refractivity contribution is -0.385. The summed E-state index contributed by atoms with van der Waals surface area (Å²) < 4.78 is 10.3. The number of nitro benzene ring substituents is 1. The van der Waals surface area contributed by atoms with Crippen LogP contribution in [-0.2, 0) is 9.53 Å². The zero-order valence-electron chi connectivity index (χ0n) is 10.7. The summed E-state index contributed by atoms with van der Waals surface area (Å²) in [7, 11) is 0. The smallest absolute Gasteiger partial charge is 0.336 e. The van der Waals surface area contributed by atoms with Crippen molar-refractivity contribution in [2.45, 2.75) is 20.0 Å². The lowest BCUT2D eigenvalue weighted by Gasteiger charge is -2.14. The minimum atomic E-state index is -1.13. The fourth-order valence-corrected chi connectivity index (χ4v) is 1.42. The third kappa shape index (κ3) is 4.22. The maximum Gasteiger partial charge on any atom is 0.336 e. The van der Waals surface area contributed by atoms with Crippen LogP contribution in [0.1, 0.15) is 12.5 Å². The summed E-state index contributed by atoms with van der Waals surface area (Å²) in [4.78, 5) is 21.0. The molecule has 0 heterocycles. The summed E-state index contributed by atoms with van der Waals surface area (Å²) in [5, 5.41) is 19.5. The van der Waals surface area contributed by atoms with E-state index in [1.807, 2.05) is 0 Å². The molecule has 0 aliphatic rings. The first-order valence-corrected chi connectivity index (χ1v) is 5.68. The second-order valence-electron chi connectivity index (χ2n) is 3.80. The second-order valence-corrected chi connectivity index (χ2v) is 3.80. The summed E-state index contributed by atoms with van der Waals surface area (Å²) in [6.45, 7) is 3.43. The molecular formula is C12H15NO6.